The van der Waals surface area contributed by atoms with Crippen LogP contribution in [0.2, 0.25) is 0 Å². The van der Waals surface area contributed by atoms with Crippen LogP contribution in [0, 0.1) is 5.92 Å². The fraction of sp³-hybridized carbons (Fsp3) is 0.500. The lowest BCUT2D eigenvalue weighted by atomic mass is 10.2. The van der Waals surface area contributed by atoms with Crippen molar-refractivity contribution in [2.45, 2.75) is 25.2 Å². The molecule has 0 radical (unpaired) electrons. The lowest BCUT2D eigenvalue weighted by molar-refractivity contribution is -0.137. The van der Waals surface area contributed by atoms with Gasteiger partial charge in [-0.2, -0.15) is 4.31 Å². The van der Waals surface area contributed by atoms with Crippen molar-refractivity contribution in [1.82, 2.24) is 4.31 Å². The molecule has 2 rings (SSSR count). The molecule has 0 fully saturated rings. The van der Waals surface area contributed by atoms with Crippen LogP contribution in [0.15, 0.2) is 23.1 Å². The third-order valence-corrected chi connectivity index (χ3v) is 4.99. The van der Waals surface area contributed by atoms with Crippen molar-refractivity contribution < 1.29 is 23.1 Å². The number of fused-ring (bicyclic) bond motifs is 1. The number of carboxylic acids is 1. The molecule has 0 saturated heterocycles. The van der Waals surface area contributed by atoms with Gasteiger partial charge in [0, 0.05) is 13.0 Å². The Balaban J connectivity index is 2.35. The third-order valence-electron chi connectivity index (χ3n) is 3.18. The van der Waals surface area contributed by atoms with Gasteiger partial charge in [0.2, 0.25) is 10.0 Å². The van der Waals surface area contributed by atoms with Crippen LogP contribution in [0.5, 0.6) is 5.75 Å². The Labute approximate surface area is 124 Å². The largest absolute Gasteiger partial charge is 0.493 e. The van der Waals surface area contributed by atoms with Crippen LogP contribution in [-0.2, 0) is 21.2 Å². The molecule has 0 unspecified atom stereocenters. The minimum atomic E-state index is -3.82. The Morgan fingerprint density at radius 2 is 2.14 bits per heavy atom. The first-order chi connectivity index (χ1) is 9.80. The fourth-order valence-electron chi connectivity index (χ4n) is 2.28. The highest BCUT2D eigenvalue weighted by Gasteiger charge is 2.28. The molecule has 0 spiro atoms. The van der Waals surface area contributed by atoms with E-state index >= 15 is 0 Å². The van der Waals surface area contributed by atoms with Crippen molar-refractivity contribution in [2.24, 2.45) is 5.92 Å². The van der Waals surface area contributed by atoms with E-state index in [-0.39, 0.29) is 17.4 Å². The number of carbonyl (C=O) groups is 1. The lowest BCUT2D eigenvalue weighted by Crippen LogP contribution is -2.38. The van der Waals surface area contributed by atoms with Crippen molar-refractivity contribution in [3.05, 3.63) is 23.8 Å². The fourth-order valence-corrected chi connectivity index (χ4v) is 3.88. The molecule has 21 heavy (non-hydrogen) atoms. The number of hydrogen-bond donors (Lipinski definition) is 1. The van der Waals surface area contributed by atoms with Gasteiger partial charge < -0.3 is 9.84 Å². The quantitative estimate of drug-likeness (QED) is 0.857. The van der Waals surface area contributed by atoms with Gasteiger partial charge in [0.15, 0.2) is 0 Å². The summed E-state index contributed by atoms with van der Waals surface area (Å²) >= 11 is 0. The average molecular weight is 313 g/mol. The van der Waals surface area contributed by atoms with E-state index in [9.17, 15) is 13.2 Å². The number of hydrogen-bond acceptors (Lipinski definition) is 4. The molecule has 1 aromatic carbocycles. The van der Waals surface area contributed by atoms with Crippen molar-refractivity contribution >= 4 is 16.0 Å². The predicted molar refractivity (Wildman–Crippen MR) is 76.9 cm³/mol. The van der Waals surface area contributed by atoms with Crippen LogP contribution in [0.1, 0.15) is 19.4 Å². The maximum atomic E-state index is 12.6. The lowest BCUT2D eigenvalue weighted by Gasteiger charge is -2.22. The smallest absolute Gasteiger partial charge is 0.318 e. The molecule has 116 valence electrons. The average Bonchev–Trinajstić information content (AvgIpc) is 2.83. The van der Waals surface area contributed by atoms with Crippen LogP contribution in [0.25, 0.3) is 0 Å². The number of ether oxygens (including phenoxy) is 1. The van der Waals surface area contributed by atoms with Gasteiger partial charge in [-0.25, -0.2) is 8.42 Å². The van der Waals surface area contributed by atoms with Crippen LogP contribution in [0.4, 0.5) is 0 Å². The van der Waals surface area contributed by atoms with E-state index in [1.165, 1.54) is 6.07 Å². The summed E-state index contributed by atoms with van der Waals surface area (Å²) in [4.78, 5) is 11.0. The normalized spacial score (nSPS) is 14.3. The van der Waals surface area contributed by atoms with Gasteiger partial charge in [-0.15, -0.1) is 0 Å². The molecule has 0 atom stereocenters. The van der Waals surface area contributed by atoms with E-state index in [1.807, 2.05) is 13.8 Å². The first-order valence-electron chi connectivity index (χ1n) is 6.78. The Morgan fingerprint density at radius 1 is 1.43 bits per heavy atom. The topological polar surface area (TPSA) is 83.9 Å². The monoisotopic (exact) mass is 313 g/mol. The van der Waals surface area contributed by atoms with Crippen molar-refractivity contribution in [3.63, 3.8) is 0 Å². The van der Waals surface area contributed by atoms with Crippen molar-refractivity contribution in [2.75, 3.05) is 19.7 Å². The first-order valence-corrected chi connectivity index (χ1v) is 8.22. The van der Waals surface area contributed by atoms with Crippen LogP contribution >= 0.6 is 0 Å². The molecule has 1 aromatic rings. The highest BCUT2D eigenvalue weighted by molar-refractivity contribution is 7.89. The van der Waals surface area contributed by atoms with Gasteiger partial charge in [-0.05, 0) is 29.7 Å². The zero-order valence-electron chi connectivity index (χ0n) is 12.1. The van der Waals surface area contributed by atoms with Gasteiger partial charge in [-0.1, -0.05) is 13.8 Å². The van der Waals surface area contributed by atoms with Crippen LogP contribution < -0.4 is 4.74 Å². The summed E-state index contributed by atoms with van der Waals surface area (Å²) in [7, 11) is -3.82. The maximum Gasteiger partial charge on any atom is 0.318 e. The summed E-state index contributed by atoms with van der Waals surface area (Å²) in [6.45, 7) is 3.88. The second-order valence-corrected chi connectivity index (χ2v) is 7.39. The maximum absolute atomic E-state index is 12.6. The molecule has 0 aliphatic carbocycles. The van der Waals surface area contributed by atoms with Crippen LogP contribution in [0.3, 0.4) is 0 Å². The number of aliphatic carboxylic acids is 1. The minimum absolute atomic E-state index is 0.0388. The summed E-state index contributed by atoms with van der Waals surface area (Å²) in [5.41, 5.74) is 0.843. The van der Waals surface area contributed by atoms with Gasteiger partial charge in [0.05, 0.1) is 11.5 Å². The number of sulfonamides is 1. The Morgan fingerprint density at radius 3 is 2.76 bits per heavy atom. The molecule has 1 N–H and O–H groups in total. The van der Waals surface area contributed by atoms with Crippen molar-refractivity contribution in [1.29, 1.82) is 0 Å². The second-order valence-electron chi connectivity index (χ2n) is 5.45. The molecule has 1 aliphatic heterocycles. The van der Waals surface area contributed by atoms with Crippen LogP contribution in [-0.4, -0.2) is 43.5 Å². The Kier molecular flexibility index (Phi) is 4.53. The highest BCUT2D eigenvalue weighted by atomic mass is 32.2. The van der Waals surface area contributed by atoms with Gasteiger partial charge in [-0.3, -0.25) is 4.79 Å². The number of rotatable bonds is 6. The Hall–Kier alpha value is -1.60. The van der Waals surface area contributed by atoms with Gasteiger partial charge >= 0.3 is 5.97 Å². The number of benzene rings is 1. The summed E-state index contributed by atoms with van der Waals surface area (Å²) < 4.78 is 31.6. The SMILES string of the molecule is CC(C)CN(CC(=O)O)S(=O)(=O)c1ccc2c(c1)CCO2. The predicted octanol–water partition coefficient (Wildman–Crippen LogP) is 1.35. The molecule has 7 heteroatoms. The number of carboxylic acid groups (broad SMARTS) is 1. The highest BCUT2D eigenvalue weighted by Crippen LogP contribution is 2.29. The van der Waals surface area contributed by atoms with Crippen molar-refractivity contribution in [3.8, 4) is 5.75 Å². The molecule has 6 nitrogen and oxygen atoms in total. The van der Waals surface area contributed by atoms with E-state index in [0.717, 1.165) is 9.87 Å². The summed E-state index contributed by atoms with van der Waals surface area (Å²) in [6.07, 6.45) is 0.668. The van der Waals surface area contributed by atoms with E-state index in [4.69, 9.17) is 9.84 Å². The molecular formula is C14H19NO5S. The van der Waals surface area contributed by atoms with E-state index in [1.54, 1.807) is 12.1 Å². The molecule has 0 saturated carbocycles. The van der Waals surface area contributed by atoms with E-state index in [2.05, 4.69) is 0 Å². The molecule has 0 bridgehead atoms. The molecular weight excluding hydrogens is 294 g/mol. The van der Waals surface area contributed by atoms with E-state index in [0.29, 0.717) is 18.8 Å². The summed E-state index contributed by atoms with van der Waals surface area (Å²) in [5.74, 6) is -0.428. The third kappa shape index (κ3) is 3.54. The standard InChI is InChI=1S/C14H19NO5S/c1-10(2)8-15(9-14(16)17)21(18,19)12-3-4-13-11(7-12)5-6-20-13/h3-4,7,10H,5-6,8-9H2,1-2H3,(H,16,17). The molecule has 1 heterocycles. The summed E-state index contributed by atoms with van der Waals surface area (Å²) in [5, 5.41) is 8.94. The molecule has 1 aliphatic rings. The second kappa shape index (κ2) is 6.03. The number of nitrogens with zero attached hydrogens (tertiary/aromatic N) is 1. The van der Waals surface area contributed by atoms with Gasteiger partial charge in [0.25, 0.3) is 0 Å². The zero-order chi connectivity index (χ0) is 15.6. The first kappa shape index (κ1) is 15.8. The zero-order valence-corrected chi connectivity index (χ0v) is 12.9. The Bertz CT molecular complexity index is 639. The minimum Gasteiger partial charge on any atom is -0.493 e. The molecule has 0 amide bonds. The van der Waals surface area contributed by atoms with E-state index < -0.39 is 22.5 Å². The summed E-state index contributed by atoms with van der Waals surface area (Å²) in [6, 6.07) is 4.67. The molecule has 0 aromatic heterocycles. The van der Waals surface area contributed by atoms with Gasteiger partial charge in [0.1, 0.15) is 12.3 Å².